The van der Waals surface area contributed by atoms with Gasteiger partial charge in [0.1, 0.15) is 24.0 Å². The maximum absolute atomic E-state index is 12.0. The van der Waals surface area contributed by atoms with Gasteiger partial charge in [0, 0.05) is 50.1 Å². The van der Waals surface area contributed by atoms with Crippen LogP contribution in [-0.4, -0.2) is 71.8 Å². The third-order valence-corrected chi connectivity index (χ3v) is 6.26. The molecule has 4 rings (SSSR count). The molecule has 4 heterocycles. The molecular formula is C25H35N5O3. The first-order valence-corrected chi connectivity index (χ1v) is 11.8. The number of anilines is 2. The van der Waals surface area contributed by atoms with Crippen molar-refractivity contribution in [2.75, 3.05) is 43.1 Å². The second kappa shape index (κ2) is 9.95. The highest BCUT2D eigenvalue weighted by Crippen LogP contribution is 2.36. The van der Waals surface area contributed by atoms with Gasteiger partial charge < -0.3 is 24.6 Å². The van der Waals surface area contributed by atoms with E-state index in [0.717, 1.165) is 48.3 Å². The number of ether oxygens (including phenoxy) is 2. The molecule has 3 unspecified atom stereocenters. The SMILES string of the molecule is CC(=O)N1C(C)CN(c2cccc(C3CNc4ncc(OCCOC(C)C)cc43)n2)CC1C. The van der Waals surface area contributed by atoms with E-state index in [9.17, 15) is 4.79 Å². The molecule has 0 bridgehead atoms. The highest BCUT2D eigenvalue weighted by molar-refractivity contribution is 5.74. The first-order valence-electron chi connectivity index (χ1n) is 11.8. The lowest BCUT2D eigenvalue weighted by Gasteiger charge is -2.44. The summed E-state index contributed by atoms with van der Waals surface area (Å²) < 4.78 is 11.4. The van der Waals surface area contributed by atoms with Gasteiger partial charge in [-0.2, -0.15) is 0 Å². The molecule has 2 aromatic rings. The average molecular weight is 454 g/mol. The number of hydrogen-bond donors (Lipinski definition) is 1. The highest BCUT2D eigenvalue weighted by Gasteiger charge is 2.32. The smallest absolute Gasteiger partial charge is 0.220 e. The maximum Gasteiger partial charge on any atom is 0.220 e. The summed E-state index contributed by atoms with van der Waals surface area (Å²) >= 11 is 0. The van der Waals surface area contributed by atoms with Crippen LogP contribution in [-0.2, 0) is 9.53 Å². The monoisotopic (exact) mass is 453 g/mol. The van der Waals surface area contributed by atoms with Crippen molar-refractivity contribution in [2.24, 2.45) is 0 Å². The molecule has 3 atom stereocenters. The topological polar surface area (TPSA) is 79.8 Å². The summed E-state index contributed by atoms with van der Waals surface area (Å²) in [7, 11) is 0. The minimum atomic E-state index is 0.108. The summed E-state index contributed by atoms with van der Waals surface area (Å²) in [4.78, 5) is 25.9. The van der Waals surface area contributed by atoms with Crippen LogP contribution in [0.3, 0.4) is 0 Å². The summed E-state index contributed by atoms with van der Waals surface area (Å²) in [6.07, 6.45) is 1.94. The van der Waals surface area contributed by atoms with Gasteiger partial charge in [-0.15, -0.1) is 0 Å². The predicted octanol–water partition coefficient (Wildman–Crippen LogP) is 3.28. The molecule has 0 spiro atoms. The Morgan fingerprint density at radius 3 is 2.67 bits per heavy atom. The Hall–Kier alpha value is -2.87. The molecule has 8 heteroatoms. The number of carbonyl (C=O) groups is 1. The van der Waals surface area contributed by atoms with Gasteiger partial charge in [-0.3, -0.25) is 4.79 Å². The quantitative estimate of drug-likeness (QED) is 0.645. The van der Waals surface area contributed by atoms with Crippen LogP contribution in [0.25, 0.3) is 0 Å². The van der Waals surface area contributed by atoms with Crippen molar-refractivity contribution in [3.05, 3.63) is 41.7 Å². The van der Waals surface area contributed by atoms with Gasteiger partial charge in [0.2, 0.25) is 5.91 Å². The molecule has 33 heavy (non-hydrogen) atoms. The molecule has 178 valence electrons. The summed E-state index contributed by atoms with van der Waals surface area (Å²) in [5, 5.41) is 3.40. The van der Waals surface area contributed by atoms with Crippen LogP contribution >= 0.6 is 0 Å². The molecule has 2 aromatic heterocycles. The number of hydrogen-bond acceptors (Lipinski definition) is 7. The summed E-state index contributed by atoms with van der Waals surface area (Å²) in [6, 6.07) is 8.56. The molecule has 1 saturated heterocycles. The molecule has 0 saturated carbocycles. The lowest BCUT2D eigenvalue weighted by atomic mass is 9.98. The van der Waals surface area contributed by atoms with Crippen molar-refractivity contribution in [2.45, 2.75) is 58.7 Å². The van der Waals surface area contributed by atoms with E-state index in [1.54, 1.807) is 13.1 Å². The number of nitrogens with one attached hydrogen (secondary N) is 1. The molecule has 2 aliphatic rings. The van der Waals surface area contributed by atoms with Crippen LogP contribution in [0.5, 0.6) is 5.75 Å². The number of fused-ring (bicyclic) bond motifs is 1. The normalized spacial score (nSPS) is 22.3. The Bertz CT molecular complexity index is 970. The standard InChI is InChI=1S/C25H35N5O3/c1-16(2)32-9-10-33-20-11-21-22(13-27-25(21)26-12-20)23-7-6-8-24(28-23)29-14-17(3)30(19(5)31)18(4)15-29/h6-8,11-12,16-18,22H,9-10,13-15H2,1-5H3,(H,26,27). The first kappa shape index (κ1) is 23.3. The molecule has 1 amide bonds. The lowest BCUT2D eigenvalue weighted by Crippen LogP contribution is -2.58. The fourth-order valence-corrected chi connectivity index (χ4v) is 4.91. The third kappa shape index (κ3) is 5.21. The van der Waals surface area contributed by atoms with E-state index in [4.69, 9.17) is 14.5 Å². The van der Waals surface area contributed by atoms with Gasteiger partial charge in [0.05, 0.1) is 24.6 Å². The van der Waals surface area contributed by atoms with Gasteiger partial charge >= 0.3 is 0 Å². The van der Waals surface area contributed by atoms with Crippen LogP contribution in [0.2, 0.25) is 0 Å². The number of rotatable bonds is 7. The first-order chi connectivity index (χ1) is 15.8. The average Bonchev–Trinajstić information content (AvgIpc) is 3.19. The summed E-state index contributed by atoms with van der Waals surface area (Å²) in [5.74, 6) is 2.82. The van der Waals surface area contributed by atoms with Gasteiger partial charge in [-0.1, -0.05) is 6.07 Å². The van der Waals surface area contributed by atoms with Crippen molar-refractivity contribution in [3.63, 3.8) is 0 Å². The molecule has 0 aromatic carbocycles. The highest BCUT2D eigenvalue weighted by atomic mass is 16.5. The van der Waals surface area contributed by atoms with Crippen LogP contribution < -0.4 is 15.0 Å². The van der Waals surface area contributed by atoms with Crippen molar-refractivity contribution in [1.82, 2.24) is 14.9 Å². The van der Waals surface area contributed by atoms with Gasteiger partial charge in [0.15, 0.2) is 0 Å². The molecule has 2 aliphatic heterocycles. The molecule has 8 nitrogen and oxygen atoms in total. The van der Waals surface area contributed by atoms with E-state index in [0.29, 0.717) is 13.2 Å². The Labute approximate surface area is 196 Å². The summed E-state index contributed by atoms with van der Waals surface area (Å²) in [6.45, 7) is 13.2. The fourth-order valence-electron chi connectivity index (χ4n) is 4.91. The van der Waals surface area contributed by atoms with E-state index in [2.05, 4.69) is 53.3 Å². The number of carbonyl (C=O) groups excluding carboxylic acids is 1. The second-order valence-corrected chi connectivity index (χ2v) is 9.26. The van der Waals surface area contributed by atoms with E-state index in [1.807, 2.05) is 18.7 Å². The van der Waals surface area contributed by atoms with Crippen molar-refractivity contribution < 1.29 is 14.3 Å². The number of piperazine rings is 1. The Morgan fingerprint density at radius 1 is 1.21 bits per heavy atom. The molecule has 1 N–H and O–H groups in total. The van der Waals surface area contributed by atoms with Crippen LogP contribution in [0, 0.1) is 0 Å². The minimum absolute atomic E-state index is 0.108. The van der Waals surface area contributed by atoms with E-state index in [-0.39, 0.29) is 30.0 Å². The van der Waals surface area contributed by atoms with Gasteiger partial charge in [-0.05, 0) is 45.9 Å². The third-order valence-electron chi connectivity index (χ3n) is 6.26. The zero-order valence-electron chi connectivity index (χ0n) is 20.2. The van der Waals surface area contributed by atoms with Gasteiger partial charge in [0.25, 0.3) is 0 Å². The van der Waals surface area contributed by atoms with Crippen molar-refractivity contribution in [3.8, 4) is 5.75 Å². The Balaban J connectivity index is 1.49. The molecule has 0 radical (unpaired) electrons. The largest absolute Gasteiger partial charge is 0.490 e. The molecule has 1 fully saturated rings. The van der Waals surface area contributed by atoms with Crippen LogP contribution in [0.4, 0.5) is 11.6 Å². The van der Waals surface area contributed by atoms with Gasteiger partial charge in [-0.25, -0.2) is 9.97 Å². The zero-order valence-corrected chi connectivity index (χ0v) is 20.2. The van der Waals surface area contributed by atoms with Crippen molar-refractivity contribution in [1.29, 1.82) is 0 Å². The van der Waals surface area contributed by atoms with E-state index >= 15 is 0 Å². The number of nitrogens with zero attached hydrogens (tertiary/aromatic N) is 4. The Kier molecular flexibility index (Phi) is 7.02. The molecule has 0 aliphatic carbocycles. The number of aromatic nitrogens is 2. The van der Waals surface area contributed by atoms with Crippen molar-refractivity contribution >= 4 is 17.5 Å². The maximum atomic E-state index is 12.0. The minimum Gasteiger partial charge on any atom is -0.490 e. The Morgan fingerprint density at radius 2 is 1.97 bits per heavy atom. The van der Waals surface area contributed by atoms with Crippen LogP contribution in [0.15, 0.2) is 30.5 Å². The number of pyridine rings is 2. The lowest BCUT2D eigenvalue weighted by molar-refractivity contribution is -0.133. The second-order valence-electron chi connectivity index (χ2n) is 9.26. The number of amides is 1. The van der Waals surface area contributed by atoms with Crippen LogP contribution in [0.1, 0.15) is 51.8 Å². The fraction of sp³-hybridized carbons (Fsp3) is 0.560. The predicted molar refractivity (Wildman–Crippen MR) is 129 cm³/mol. The van der Waals surface area contributed by atoms with E-state index < -0.39 is 0 Å². The van der Waals surface area contributed by atoms with E-state index in [1.165, 1.54) is 0 Å². The molecular weight excluding hydrogens is 418 g/mol. The summed E-state index contributed by atoms with van der Waals surface area (Å²) in [5.41, 5.74) is 2.11. The zero-order chi connectivity index (χ0) is 23.5.